The van der Waals surface area contributed by atoms with Crippen molar-refractivity contribution >= 4 is 0 Å². The van der Waals surface area contributed by atoms with Crippen LogP contribution in [-0.4, -0.2) is 17.1 Å². The number of nitrogens with one attached hydrogen (secondary N) is 1. The van der Waals surface area contributed by atoms with Gasteiger partial charge in [-0.1, -0.05) is 6.92 Å². The number of fused-ring (bicyclic) bond motifs is 1. The molecule has 1 aliphatic rings. The van der Waals surface area contributed by atoms with Crippen LogP contribution in [0.2, 0.25) is 0 Å². The molecule has 0 aromatic carbocycles. The summed E-state index contributed by atoms with van der Waals surface area (Å²) in [6, 6.07) is 0. The molecular formula is C10H15N3O. The lowest BCUT2D eigenvalue weighted by Crippen LogP contribution is -2.03. The maximum absolute atomic E-state index is 5.25. The second kappa shape index (κ2) is 3.92. The van der Waals surface area contributed by atoms with Gasteiger partial charge in [-0.2, -0.15) is 4.98 Å². The van der Waals surface area contributed by atoms with Gasteiger partial charge in [-0.15, -0.1) is 0 Å². The zero-order chi connectivity index (χ0) is 9.97. The third-order valence-electron chi connectivity index (χ3n) is 2.36. The molecule has 0 unspecified atom stereocenters. The fourth-order valence-corrected chi connectivity index (χ4v) is 1.69. The lowest BCUT2D eigenvalue weighted by atomic mass is 10.2. The molecule has 0 atom stereocenters. The van der Waals surface area contributed by atoms with Gasteiger partial charge >= 0.3 is 0 Å². The summed E-state index contributed by atoms with van der Waals surface area (Å²) in [6.45, 7) is 3.79. The van der Waals surface area contributed by atoms with Gasteiger partial charge in [0.05, 0.1) is 18.4 Å². The van der Waals surface area contributed by atoms with Gasteiger partial charge in [0, 0.05) is 19.5 Å². The van der Waals surface area contributed by atoms with E-state index in [-0.39, 0.29) is 0 Å². The Labute approximate surface area is 83.7 Å². The Balaban J connectivity index is 2.39. The minimum absolute atomic E-state index is 0.739. The highest BCUT2D eigenvalue weighted by Crippen LogP contribution is 2.22. The first-order chi connectivity index (χ1) is 6.85. The molecule has 76 valence electrons. The average molecular weight is 193 g/mol. The molecule has 14 heavy (non-hydrogen) atoms. The van der Waals surface area contributed by atoms with Gasteiger partial charge in [0.15, 0.2) is 0 Å². The number of hydrogen-bond acceptors (Lipinski definition) is 4. The van der Waals surface area contributed by atoms with Gasteiger partial charge in [0.2, 0.25) is 5.88 Å². The summed E-state index contributed by atoms with van der Waals surface area (Å²) < 4.78 is 5.25. The van der Waals surface area contributed by atoms with Crippen LogP contribution in [0.1, 0.15) is 30.4 Å². The summed E-state index contributed by atoms with van der Waals surface area (Å²) in [6.07, 6.45) is 1.99. The third kappa shape index (κ3) is 1.57. The molecule has 0 radical (unpaired) electrons. The van der Waals surface area contributed by atoms with E-state index in [4.69, 9.17) is 4.74 Å². The minimum Gasteiger partial charge on any atom is -0.481 e. The molecule has 1 aromatic rings. The van der Waals surface area contributed by atoms with Crippen LogP contribution in [0.3, 0.4) is 0 Å². The normalized spacial score (nSPS) is 14.1. The molecule has 2 heterocycles. The van der Waals surface area contributed by atoms with Crippen LogP contribution in [0.5, 0.6) is 5.88 Å². The zero-order valence-electron chi connectivity index (χ0n) is 8.63. The van der Waals surface area contributed by atoms with Gasteiger partial charge in [-0.05, 0) is 6.42 Å². The van der Waals surface area contributed by atoms with Crippen molar-refractivity contribution in [1.82, 2.24) is 15.3 Å². The van der Waals surface area contributed by atoms with Crippen LogP contribution < -0.4 is 10.1 Å². The number of aromatic nitrogens is 2. The summed E-state index contributed by atoms with van der Waals surface area (Å²) in [7, 11) is 1.66. The molecule has 0 spiro atoms. The van der Waals surface area contributed by atoms with Crippen LogP contribution in [0, 0.1) is 0 Å². The molecule has 0 amide bonds. The molecule has 0 aliphatic carbocycles. The molecular weight excluding hydrogens is 178 g/mol. The quantitative estimate of drug-likeness (QED) is 0.779. The van der Waals surface area contributed by atoms with Crippen LogP contribution in [-0.2, 0) is 19.5 Å². The lowest BCUT2D eigenvalue weighted by Gasteiger charge is -2.07. The molecule has 2 rings (SSSR count). The molecule has 0 fully saturated rings. The molecule has 4 heteroatoms. The SMILES string of the molecule is CCCc1nc2c(c(OC)n1)CNC2. The maximum atomic E-state index is 5.25. The molecule has 1 aliphatic heterocycles. The first-order valence-corrected chi connectivity index (χ1v) is 4.98. The van der Waals surface area contributed by atoms with Crippen LogP contribution in [0.25, 0.3) is 0 Å². The van der Waals surface area contributed by atoms with Crippen molar-refractivity contribution in [3.8, 4) is 5.88 Å². The van der Waals surface area contributed by atoms with Gasteiger partial charge in [0.1, 0.15) is 5.82 Å². The highest BCUT2D eigenvalue weighted by atomic mass is 16.5. The lowest BCUT2D eigenvalue weighted by molar-refractivity contribution is 0.389. The molecule has 0 bridgehead atoms. The summed E-state index contributed by atoms with van der Waals surface area (Å²) in [5.41, 5.74) is 2.22. The molecule has 4 nitrogen and oxygen atoms in total. The molecule has 1 N–H and O–H groups in total. The Morgan fingerprint density at radius 2 is 2.21 bits per heavy atom. The Morgan fingerprint density at radius 1 is 1.36 bits per heavy atom. The Bertz CT molecular complexity index is 338. The molecule has 0 saturated heterocycles. The molecule has 0 saturated carbocycles. The number of hydrogen-bond donors (Lipinski definition) is 1. The van der Waals surface area contributed by atoms with E-state index in [1.54, 1.807) is 7.11 Å². The van der Waals surface area contributed by atoms with E-state index in [0.29, 0.717) is 0 Å². The summed E-state index contributed by atoms with van der Waals surface area (Å²) in [5.74, 6) is 1.63. The van der Waals surface area contributed by atoms with Crippen molar-refractivity contribution < 1.29 is 4.74 Å². The second-order valence-electron chi connectivity index (χ2n) is 3.43. The minimum atomic E-state index is 0.739. The Kier molecular flexibility index (Phi) is 2.63. The predicted molar refractivity (Wildman–Crippen MR) is 53.1 cm³/mol. The second-order valence-corrected chi connectivity index (χ2v) is 3.43. The average Bonchev–Trinajstić information content (AvgIpc) is 2.65. The van der Waals surface area contributed by atoms with E-state index in [2.05, 4.69) is 22.2 Å². The van der Waals surface area contributed by atoms with Crippen LogP contribution in [0.15, 0.2) is 0 Å². The maximum Gasteiger partial charge on any atom is 0.221 e. The standard InChI is InChI=1S/C10H15N3O/c1-3-4-9-12-8-6-11-5-7(8)10(13-9)14-2/h11H,3-6H2,1-2H3. The van der Waals surface area contributed by atoms with E-state index in [1.807, 2.05) is 0 Å². The van der Waals surface area contributed by atoms with E-state index in [9.17, 15) is 0 Å². The first kappa shape index (κ1) is 9.40. The van der Waals surface area contributed by atoms with Gasteiger partial charge < -0.3 is 10.1 Å². The van der Waals surface area contributed by atoms with Gasteiger partial charge in [0.25, 0.3) is 0 Å². The smallest absolute Gasteiger partial charge is 0.221 e. The van der Waals surface area contributed by atoms with Crippen molar-refractivity contribution in [2.24, 2.45) is 0 Å². The molecule has 1 aromatic heterocycles. The zero-order valence-corrected chi connectivity index (χ0v) is 8.63. The fraction of sp³-hybridized carbons (Fsp3) is 0.600. The van der Waals surface area contributed by atoms with E-state index >= 15 is 0 Å². The predicted octanol–water partition coefficient (Wildman–Crippen LogP) is 1.04. The monoisotopic (exact) mass is 193 g/mol. The number of aryl methyl sites for hydroxylation is 1. The Morgan fingerprint density at radius 3 is 2.93 bits per heavy atom. The summed E-state index contributed by atoms with van der Waals surface area (Å²) in [4.78, 5) is 8.88. The topological polar surface area (TPSA) is 47.0 Å². The number of ether oxygens (including phenoxy) is 1. The van der Waals surface area contributed by atoms with E-state index in [1.165, 1.54) is 0 Å². The van der Waals surface area contributed by atoms with Crippen molar-refractivity contribution in [2.75, 3.05) is 7.11 Å². The van der Waals surface area contributed by atoms with Crippen molar-refractivity contribution in [3.63, 3.8) is 0 Å². The van der Waals surface area contributed by atoms with Gasteiger partial charge in [-0.25, -0.2) is 4.98 Å². The highest BCUT2D eigenvalue weighted by Gasteiger charge is 2.18. The third-order valence-corrected chi connectivity index (χ3v) is 2.36. The van der Waals surface area contributed by atoms with Crippen molar-refractivity contribution in [3.05, 3.63) is 17.1 Å². The largest absolute Gasteiger partial charge is 0.481 e. The van der Waals surface area contributed by atoms with Crippen LogP contribution >= 0.6 is 0 Å². The number of methoxy groups -OCH3 is 1. The van der Waals surface area contributed by atoms with E-state index in [0.717, 1.165) is 48.9 Å². The number of nitrogens with zero attached hydrogens (tertiary/aromatic N) is 2. The Hall–Kier alpha value is -1.16. The fourth-order valence-electron chi connectivity index (χ4n) is 1.69. The van der Waals surface area contributed by atoms with E-state index < -0.39 is 0 Å². The van der Waals surface area contributed by atoms with Gasteiger partial charge in [-0.3, -0.25) is 0 Å². The first-order valence-electron chi connectivity index (χ1n) is 4.98. The highest BCUT2D eigenvalue weighted by molar-refractivity contribution is 5.33. The number of rotatable bonds is 3. The van der Waals surface area contributed by atoms with Crippen LogP contribution in [0.4, 0.5) is 0 Å². The summed E-state index contributed by atoms with van der Waals surface area (Å²) >= 11 is 0. The summed E-state index contributed by atoms with van der Waals surface area (Å²) in [5, 5.41) is 3.25. The van der Waals surface area contributed by atoms with Crippen molar-refractivity contribution in [1.29, 1.82) is 0 Å². The van der Waals surface area contributed by atoms with Crippen molar-refractivity contribution in [2.45, 2.75) is 32.9 Å².